The molecule has 2 aromatic heterocycles. The van der Waals surface area contributed by atoms with E-state index in [9.17, 15) is 4.79 Å². The topological polar surface area (TPSA) is 56.6 Å². The third kappa shape index (κ3) is 4.71. The van der Waals surface area contributed by atoms with Gasteiger partial charge in [-0.05, 0) is 62.7 Å². The number of hydrogen-bond donors (Lipinski definition) is 0. The van der Waals surface area contributed by atoms with Gasteiger partial charge in [-0.25, -0.2) is 0 Å². The Bertz CT molecular complexity index is 1040. The molecule has 0 unspecified atom stereocenters. The number of rotatable bonds is 7. The molecule has 1 aliphatic rings. The minimum absolute atomic E-state index is 0.149. The SMILES string of the molecule is Cc1ccc(COc2ccn(-c3ccc(OC4CN(C(C)C)C4)cc3)c(=O)c2)nc1. The standard InChI is InChI=1S/C24H27N3O3/c1-17(2)26-14-23(15-26)30-21-8-6-20(7-9-21)27-11-10-22(12-24(27)28)29-16-19-5-4-18(3)13-25-19/h4-13,17,23H,14-16H2,1-3H3. The lowest BCUT2D eigenvalue weighted by molar-refractivity contribution is 0.000154. The summed E-state index contributed by atoms with van der Waals surface area (Å²) in [5.41, 5.74) is 2.56. The monoisotopic (exact) mass is 405 g/mol. The highest BCUT2D eigenvalue weighted by Crippen LogP contribution is 2.21. The summed E-state index contributed by atoms with van der Waals surface area (Å²) in [6.45, 7) is 8.61. The second-order valence-electron chi connectivity index (χ2n) is 7.97. The van der Waals surface area contributed by atoms with Crippen LogP contribution in [-0.4, -0.2) is 39.7 Å². The summed E-state index contributed by atoms with van der Waals surface area (Å²) in [6, 6.07) is 15.4. The van der Waals surface area contributed by atoms with Gasteiger partial charge in [-0.3, -0.25) is 19.2 Å². The van der Waals surface area contributed by atoms with Crippen molar-refractivity contribution < 1.29 is 9.47 Å². The van der Waals surface area contributed by atoms with Gasteiger partial charge >= 0.3 is 0 Å². The van der Waals surface area contributed by atoms with Gasteiger partial charge in [0.25, 0.3) is 5.56 Å². The molecule has 0 N–H and O–H groups in total. The number of pyridine rings is 2. The van der Waals surface area contributed by atoms with Gasteiger partial charge in [0.15, 0.2) is 0 Å². The van der Waals surface area contributed by atoms with Crippen molar-refractivity contribution in [2.45, 2.75) is 39.5 Å². The highest BCUT2D eigenvalue weighted by Gasteiger charge is 2.29. The second kappa shape index (κ2) is 8.71. The van der Waals surface area contributed by atoms with Crippen LogP contribution in [0.2, 0.25) is 0 Å². The van der Waals surface area contributed by atoms with Crippen molar-refractivity contribution in [1.82, 2.24) is 14.5 Å². The molecule has 4 rings (SSSR count). The van der Waals surface area contributed by atoms with Gasteiger partial charge in [-0.15, -0.1) is 0 Å². The minimum atomic E-state index is -0.149. The van der Waals surface area contributed by atoms with E-state index in [4.69, 9.17) is 9.47 Å². The van der Waals surface area contributed by atoms with Crippen LogP contribution in [0.3, 0.4) is 0 Å². The van der Waals surface area contributed by atoms with E-state index in [0.717, 1.165) is 35.8 Å². The maximum absolute atomic E-state index is 12.5. The van der Waals surface area contributed by atoms with Crippen LogP contribution in [0.5, 0.6) is 11.5 Å². The summed E-state index contributed by atoms with van der Waals surface area (Å²) >= 11 is 0. The van der Waals surface area contributed by atoms with Gasteiger partial charge < -0.3 is 9.47 Å². The average Bonchev–Trinajstić information content (AvgIpc) is 2.70. The third-order valence-electron chi connectivity index (χ3n) is 5.27. The lowest BCUT2D eigenvalue weighted by Crippen LogP contribution is -2.56. The van der Waals surface area contributed by atoms with Crippen LogP contribution in [0.1, 0.15) is 25.1 Å². The number of aromatic nitrogens is 2. The molecule has 0 amide bonds. The molecule has 3 heterocycles. The van der Waals surface area contributed by atoms with Crippen molar-refractivity contribution in [3.05, 3.63) is 82.5 Å². The zero-order valence-electron chi connectivity index (χ0n) is 17.6. The van der Waals surface area contributed by atoms with Crippen LogP contribution < -0.4 is 15.0 Å². The van der Waals surface area contributed by atoms with E-state index in [2.05, 4.69) is 23.7 Å². The number of likely N-dealkylation sites (tertiary alicyclic amines) is 1. The first-order valence-corrected chi connectivity index (χ1v) is 10.3. The molecule has 0 radical (unpaired) electrons. The fraction of sp³-hybridized carbons (Fsp3) is 0.333. The number of nitrogens with zero attached hydrogens (tertiary/aromatic N) is 3. The number of aryl methyl sites for hydroxylation is 1. The molecule has 1 saturated heterocycles. The van der Waals surface area contributed by atoms with Crippen molar-refractivity contribution in [2.24, 2.45) is 0 Å². The summed E-state index contributed by atoms with van der Waals surface area (Å²) in [5, 5.41) is 0. The largest absolute Gasteiger partial charge is 0.488 e. The van der Waals surface area contributed by atoms with E-state index < -0.39 is 0 Å². The van der Waals surface area contributed by atoms with Crippen LogP contribution >= 0.6 is 0 Å². The van der Waals surface area contributed by atoms with Crippen LogP contribution in [-0.2, 0) is 6.61 Å². The smallest absolute Gasteiger partial charge is 0.258 e. The van der Waals surface area contributed by atoms with Crippen LogP contribution in [0.15, 0.2) is 65.7 Å². The Balaban J connectivity index is 1.37. The van der Waals surface area contributed by atoms with Gasteiger partial charge in [0.05, 0.1) is 5.69 Å². The lowest BCUT2D eigenvalue weighted by Gasteiger charge is -2.41. The Hall–Kier alpha value is -3.12. The molecule has 6 heteroatoms. The van der Waals surface area contributed by atoms with E-state index in [1.807, 2.05) is 43.3 Å². The molecular weight excluding hydrogens is 378 g/mol. The van der Waals surface area contributed by atoms with Gasteiger partial charge in [-0.2, -0.15) is 0 Å². The van der Waals surface area contributed by atoms with Gasteiger partial charge in [0, 0.05) is 43.3 Å². The predicted octanol–water partition coefficient (Wildman–Crippen LogP) is 3.59. The Kier molecular flexibility index (Phi) is 5.86. The highest BCUT2D eigenvalue weighted by molar-refractivity contribution is 5.38. The van der Waals surface area contributed by atoms with Crippen molar-refractivity contribution in [3.63, 3.8) is 0 Å². The highest BCUT2D eigenvalue weighted by atomic mass is 16.5. The van der Waals surface area contributed by atoms with E-state index >= 15 is 0 Å². The molecule has 1 aromatic carbocycles. The van der Waals surface area contributed by atoms with Crippen molar-refractivity contribution in [3.8, 4) is 17.2 Å². The molecule has 0 atom stereocenters. The maximum Gasteiger partial charge on any atom is 0.258 e. The summed E-state index contributed by atoms with van der Waals surface area (Å²) < 4.78 is 13.3. The van der Waals surface area contributed by atoms with E-state index in [-0.39, 0.29) is 11.7 Å². The molecule has 0 spiro atoms. The fourth-order valence-corrected chi connectivity index (χ4v) is 3.35. The zero-order chi connectivity index (χ0) is 21.1. The Morgan fingerprint density at radius 1 is 1.07 bits per heavy atom. The first-order valence-electron chi connectivity index (χ1n) is 10.3. The number of hydrogen-bond acceptors (Lipinski definition) is 5. The summed E-state index contributed by atoms with van der Waals surface area (Å²) in [7, 11) is 0. The molecular formula is C24H27N3O3. The molecule has 156 valence electrons. The third-order valence-corrected chi connectivity index (χ3v) is 5.27. The molecule has 6 nitrogen and oxygen atoms in total. The molecule has 1 fully saturated rings. The van der Waals surface area contributed by atoms with Crippen molar-refractivity contribution in [2.75, 3.05) is 13.1 Å². The molecule has 30 heavy (non-hydrogen) atoms. The quantitative estimate of drug-likeness (QED) is 0.601. The Morgan fingerprint density at radius 2 is 1.83 bits per heavy atom. The van der Waals surface area contributed by atoms with Gasteiger partial charge in [-0.1, -0.05) is 6.07 Å². The molecule has 0 saturated carbocycles. The summed E-state index contributed by atoms with van der Waals surface area (Å²) in [4.78, 5) is 19.2. The lowest BCUT2D eigenvalue weighted by atomic mass is 10.1. The number of ether oxygens (including phenoxy) is 2. The normalized spacial score (nSPS) is 14.5. The zero-order valence-corrected chi connectivity index (χ0v) is 17.6. The van der Waals surface area contributed by atoms with E-state index in [0.29, 0.717) is 18.4 Å². The predicted molar refractivity (Wildman–Crippen MR) is 116 cm³/mol. The summed E-state index contributed by atoms with van der Waals surface area (Å²) in [5.74, 6) is 1.35. The molecule has 1 aliphatic heterocycles. The Morgan fingerprint density at radius 3 is 2.47 bits per heavy atom. The second-order valence-corrected chi connectivity index (χ2v) is 7.97. The van der Waals surface area contributed by atoms with Crippen LogP contribution in [0, 0.1) is 6.92 Å². The van der Waals surface area contributed by atoms with Crippen molar-refractivity contribution in [1.29, 1.82) is 0 Å². The number of benzene rings is 1. The molecule has 3 aromatic rings. The molecule has 0 aliphatic carbocycles. The minimum Gasteiger partial charge on any atom is -0.488 e. The fourth-order valence-electron chi connectivity index (χ4n) is 3.35. The molecule has 0 bridgehead atoms. The first kappa shape index (κ1) is 20.2. The maximum atomic E-state index is 12.5. The van der Waals surface area contributed by atoms with Crippen LogP contribution in [0.4, 0.5) is 0 Å². The summed E-state index contributed by atoms with van der Waals surface area (Å²) in [6.07, 6.45) is 3.76. The van der Waals surface area contributed by atoms with E-state index in [1.165, 1.54) is 6.07 Å². The van der Waals surface area contributed by atoms with Crippen molar-refractivity contribution >= 4 is 0 Å². The van der Waals surface area contributed by atoms with Gasteiger partial charge in [0.1, 0.15) is 24.2 Å². The first-order chi connectivity index (χ1) is 14.5. The Labute approximate surface area is 176 Å². The average molecular weight is 405 g/mol. The van der Waals surface area contributed by atoms with E-state index in [1.54, 1.807) is 23.0 Å². The van der Waals surface area contributed by atoms with Crippen LogP contribution in [0.25, 0.3) is 5.69 Å². The van der Waals surface area contributed by atoms with Gasteiger partial charge in [0.2, 0.25) is 0 Å².